The summed E-state index contributed by atoms with van der Waals surface area (Å²) in [6.07, 6.45) is 4.79. The van der Waals surface area contributed by atoms with E-state index in [4.69, 9.17) is 11.6 Å². The average Bonchev–Trinajstić information content (AvgIpc) is 2.98. The number of benzene rings is 1. The Hall–Kier alpha value is -0.930. The lowest BCUT2D eigenvalue weighted by Crippen LogP contribution is -1.96. The first-order valence-corrected chi connectivity index (χ1v) is 8.53. The zero-order valence-corrected chi connectivity index (χ0v) is 13.6. The minimum Gasteiger partial charge on any atom is -0.143 e. The highest BCUT2D eigenvalue weighted by molar-refractivity contribution is 7.11. The Labute approximate surface area is 130 Å². The van der Waals surface area contributed by atoms with Crippen LogP contribution in [-0.2, 0) is 0 Å². The van der Waals surface area contributed by atoms with Crippen molar-refractivity contribution < 1.29 is 0 Å². The summed E-state index contributed by atoms with van der Waals surface area (Å²) in [6, 6.07) is 10.1. The lowest BCUT2D eigenvalue weighted by Gasteiger charge is -2.09. The second-order valence-electron chi connectivity index (χ2n) is 5.00. The summed E-state index contributed by atoms with van der Waals surface area (Å²) in [7, 11) is 0. The maximum Gasteiger partial charge on any atom is 0.139 e. The van der Waals surface area contributed by atoms with E-state index in [0.29, 0.717) is 5.92 Å². The fourth-order valence-electron chi connectivity index (χ4n) is 2.23. The minimum atomic E-state index is -0.189. The Kier molecular flexibility index (Phi) is 5.99. The maximum absolute atomic E-state index is 6.51. The molecule has 0 saturated heterocycles. The van der Waals surface area contributed by atoms with Crippen molar-refractivity contribution in [2.75, 3.05) is 0 Å². The average molecular weight is 309 g/mol. The molecular weight excluding hydrogens is 288 g/mol. The highest BCUT2D eigenvalue weighted by Crippen LogP contribution is 2.34. The van der Waals surface area contributed by atoms with Gasteiger partial charge in [0.25, 0.3) is 0 Å². The quantitative estimate of drug-likeness (QED) is 0.627. The summed E-state index contributed by atoms with van der Waals surface area (Å²) < 4.78 is 0. The fraction of sp³-hybridized carbons (Fsp3) is 0.500. The first-order valence-electron chi connectivity index (χ1n) is 7.28. The van der Waals surface area contributed by atoms with Crippen LogP contribution in [0.25, 0.3) is 0 Å². The molecule has 0 aliphatic heterocycles. The zero-order valence-electron chi connectivity index (χ0n) is 12.1. The third-order valence-electron chi connectivity index (χ3n) is 3.51. The van der Waals surface area contributed by atoms with Crippen LogP contribution < -0.4 is 0 Å². The van der Waals surface area contributed by atoms with Gasteiger partial charge in [0.1, 0.15) is 15.4 Å². The summed E-state index contributed by atoms with van der Waals surface area (Å²) in [5.41, 5.74) is 1.08. The number of halogens is 1. The van der Waals surface area contributed by atoms with E-state index in [0.717, 1.165) is 22.0 Å². The standard InChI is InChI=1S/C16H21ClN2S/c1-3-5-9-12(4-2)15-18-19-16(20-15)14(17)13-10-7-6-8-11-13/h6-8,10-12,14H,3-5,9H2,1-2H3. The van der Waals surface area contributed by atoms with Crippen LogP contribution in [0.5, 0.6) is 0 Å². The van der Waals surface area contributed by atoms with Gasteiger partial charge in [0.05, 0.1) is 0 Å². The largest absolute Gasteiger partial charge is 0.143 e. The molecule has 0 fully saturated rings. The van der Waals surface area contributed by atoms with Gasteiger partial charge in [0.2, 0.25) is 0 Å². The van der Waals surface area contributed by atoms with E-state index in [9.17, 15) is 0 Å². The molecule has 0 aliphatic rings. The van der Waals surface area contributed by atoms with E-state index < -0.39 is 0 Å². The summed E-state index contributed by atoms with van der Waals surface area (Å²) in [5, 5.41) is 10.5. The molecule has 0 bridgehead atoms. The second kappa shape index (κ2) is 7.75. The monoisotopic (exact) mass is 308 g/mol. The second-order valence-corrected chi connectivity index (χ2v) is 6.48. The SMILES string of the molecule is CCCCC(CC)c1nnc(C(Cl)c2ccccc2)s1. The number of unbranched alkanes of at least 4 members (excludes halogenated alkanes) is 1. The number of alkyl halides is 1. The van der Waals surface area contributed by atoms with Crippen molar-refractivity contribution >= 4 is 22.9 Å². The minimum absolute atomic E-state index is 0.189. The molecule has 2 nitrogen and oxygen atoms in total. The summed E-state index contributed by atoms with van der Waals surface area (Å²) in [4.78, 5) is 0. The molecule has 2 unspecified atom stereocenters. The van der Waals surface area contributed by atoms with Crippen LogP contribution in [-0.4, -0.2) is 10.2 Å². The molecule has 4 heteroatoms. The van der Waals surface area contributed by atoms with Crippen LogP contribution in [0.15, 0.2) is 30.3 Å². The Morgan fingerprint density at radius 1 is 1.10 bits per heavy atom. The maximum atomic E-state index is 6.51. The van der Waals surface area contributed by atoms with Crippen molar-refractivity contribution in [2.45, 2.75) is 50.8 Å². The summed E-state index contributed by atoms with van der Waals surface area (Å²) in [6.45, 7) is 4.44. The van der Waals surface area contributed by atoms with Gasteiger partial charge in [-0.1, -0.05) is 68.4 Å². The van der Waals surface area contributed by atoms with E-state index in [1.807, 2.05) is 30.3 Å². The van der Waals surface area contributed by atoms with Crippen LogP contribution in [0.4, 0.5) is 0 Å². The van der Waals surface area contributed by atoms with Gasteiger partial charge >= 0.3 is 0 Å². The van der Waals surface area contributed by atoms with E-state index in [1.54, 1.807) is 11.3 Å². The number of nitrogens with zero attached hydrogens (tertiary/aromatic N) is 2. The number of rotatable bonds is 7. The van der Waals surface area contributed by atoms with Crippen LogP contribution >= 0.6 is 22.9 Å². The predicted molar refractivity (Wildman–Crippen MR) is 86.6 cm³/mol. The molecule has 0 saturated carbocycles. The van der Waals surface area contributed by atoms with Gasteiger partial charge in [-0.25, -0.2) is 0 Å². The van der Waals surface area contributed by atoms with E-state index >= 15 is 0 Å². The Bertz CT molecular complexity index is 512. The first kappa shape index (κ1) is 15.5. The molecule has 20 heavy (non-hydrogen) atoms. The molecule has 108 valence electrons. The van der Waals surface area contributed by atoms with Gasteiger partial charge in [0.15, 0.2) is 0 Å². The fourth-order valence-corrected chi connectivity index (χ4v) is 3.62. The zero-order chi connectivity index (χ0) is 14.4. The van der Waals surface area contributed by atoms with Gasteiger partial charge in [-0.3, -0.25) is 0 Å². The van der Waals surface area contributed by atoms with Gasteiger partial charge in [-0.05, 0) is 18.4 Å². The molecule has 2 rings (SSSR count). The molecule has 0 aliphatic carbocycles. The molecule has 0 amide bonds. The Balaban J connectivity index is 2.11. The van der Waals surface area contributed by atoms with E-state index in [-0.39, 0.29) is 5.38 Å². The van der Waals surface area contributed by atoms with Crippen molar-refractivity contribution in [1.82, 2.24) is 10.2 Å². The Morgan fingerprint density at radius 3 is 2.45 bits per heavy atom. The van der Waals surface area contributed by atoms with E-state index in [2.05, 4.69) is 24.0 Å². The third-order valence-corrected chi connectivity index (χ3v) is 5.25. The topological polar surface area (TPSA) is 25.8 Å². The van der Waals surface area contributed by atoms with Crippen LogP contribution in [0, 0.1) is 0 Å². The number of aromatic nitrogens is 2. The molecular formula is C16H21ClN2S. The molecule has 0 radical (unpaired) electrons. The molecule has 1 aromatic heterocycles. The van der Waals surface area contributed by atoms with Crippen molar-refractivity contribution in [2.24, 2.45) is 0 Å². The third kappa shape index (κ3) is 3.80. The van der Waals surface area contributed by atoms with Crippen molar-refractivity contribution in [3.63, 3.8) is 0 Å². The van der Waals surface area contributed by atoms with Crippen molar-refractivity contribution in [1.29, 1.82) is 0 Å². The molecule has 1 aromatic carbocycles. The molecule has 2 atom stereocenters. The molecule has 0 spiro atoms. The van der Waals surface area contributed by atoms with Gasteiger partial charge in [-0.15, -0.1) is 21.8 Å². The molecule has 2 aromatic rings. The van der Waals surface area contributed by atoms with Gasteiger partial charge < -0.3 is 0 Å². The highest BCUT2D eigenvalue weighted by Gasteiger charge is 2.19. The van der Waals surface area contributed by atoms with Gasteiger partial charge in [-0.2, -0.15) is 0 Å². The molecule has 0 N–H and O–H groups in total. The van der Waals surface area contributed by atoms with Crippen LogP contribution in [0.3, 0.4) is 0 Å². The molecule has 1 heterocycles. The smallest absolute Gasteiger partial charge is 0.139 e. The predicted octanol–water partition coefficient (Wildman–Crippen LogP) is 5.55. The summed E-state index contributed by atoms with van der Waals surface area (Å²) in [5.74, 6) is 0.529. The van der Waals surface area contributed by atoms with E-state index in [1.165, 1.54) is 19.3 Å². The lowest BCUT2D eigenvalue weighted by molar-refractivity contribution is 0.563. The normalized spacial score (nSPS) is 14.2. The lowest BCUT2D eigenvalue weighted by atomic mass is 10.0. The number of hydrogen-bond acceptors (Lipinski definition) is 3. The van der Waals surface area contributed by atoms with Crippen molar-refractivity contribution in [3.05, 3.63) is 45.9 Å². The highest BCUT2D eigenvalue weighted by atomic mass is 35.5. The van der Waals surface area contributed by atoms with Crippen LogP contribution in [0.2, 0.25) is 0 Å². The van der Waals surface area contributed by atoms with Crippen molar-refractivity contribution in [3.8, 4) is 0 Å². The summed E-state index contributed by atoms with van der Waals surface area (Å²) >= 11 is 8.17. The first-order chi connectivity index (χ1) is 9.76. The number of hydrogen-bond donors (Lipinski definition) is 0. The Morgan fingerprint density at radius 2 is 1.80 bits per heavy atom. The van der Waals surface area contributed by atoms with Gasteiger partial charge in [0, 0.05) is 5.92 Å². The van der Waals surface area contributed by atoms with Crippen LogP contribution in [0.1, 0.15) is 66.4 Å².